The lowest BCUT2D eigenvalue weighted by Crippen LogP contribution is -1.91. The number of benzene rings is 1. The number of hydrogen-bond donors (Lipinski definition) is 0. The van der Waals surface area contributed by atoms with Crippen molar-refractivity contribution >= 4 is 11.9 Å². The Kier molecular flexibility index (Phi) is 6.85. The minimum Gasteiger partial charge on any atom is -0.501 e. The van der Waals surface area contributed by atoms with Gasteiger partial charge in [-0.2, -0.15) is 0 Å². The molecule has 0 unspecified atom stereocenters. The van der Waals surface area contributed by atoms with Crippen LogP contribution in [0, 0.1) is 0 Å². The molecule has 18 heavy (non-hydrogen) atoms. The molecule has 2 nitrogen and oxygen atoms in total. The van der Waals surface area contributed by atoms with Gasteiger partial charge in [0, 0.05) is 0 Å². The number of rotatable bonds is 8. The van der Waals surface area contributed by atoms with Gasteiger partial charge in [-0.05, 0) is 30.9 Å². The fraction of sp³-hybridized carbons (Fsp3) is 0.438. The van der Waals surface area contributed by atoms with E-state index in [1.54, 1.807) is 0 Å². The van der Waals surface area contributed by atoms with Crippen LogP contribution in [-0.4, -0.2) is 12.9 Å². The maximum Gasteiger partial charge on any atom is 0.153 e. The Bertz CT molecular complexity index is 377. The summed E-state index contributed by atoms with van der Waals surface area (Å²) in [5.41, 5.74) is 2.84. The lowest BCUT2D eigenvalue weighted by atomic mass is 10.0. The molecule has 0 amide bonds. The Labute approximate surface area is 110 Å². The topological polar surface area (TPSA) is 26.3 Å². The molecule has 0 saturated carbocycles. The number of unbranched alkanes of at least 4 members (excludes halogenated alkanes) is 2. The summed E-state index contributed by atoms with van der Waals surface area (Å²) in [4.78, 5) is 11.0. The van der Waals surface area contributed by atoms with Crippen molar-refractivity contribution in [2.45, 2.75) is 39.5 Å². The summed E-state index contributed by atoms with van der Waals surface area (Å²) in [6, 6.07) is 8.16. The van der Waals surface area contributed by atoms with Gasteiger partial charge in [-0.25, -0.2) is 0 Å². The van der Waals surface area contributed by atoms with Crippen molar-refractivity contribution in [3.05, 3.63) is 41.7 Å². The van der Waals surface area contributed by atoms with Gasteiger partial charge in [0.15, 0.2) is 6.29 Å². The second kappa shape index (κ2) is 8.51. The summed E-state index contributed by atoms with van der Waals surface area (Å²) in [5.74, 6) is 0. The highest BCUT2D eigenvalue weighted by Crippen LogP contribution is 2.15. The van der Waals surface area contributed by atoms with E-state index < -0.39 is 0 Å². The zero-order valence-electron chi connectivity index (χ0n) is 11.3. The lowest BCUT2D eigenvalue weighted by Gasteiger charge is -2.04. The standard InChI is InChI=1S/C16H22O2/c1-3-5-6-7-14-8-10-15(11-9-14)16(12-17)13-18-4-2/h8-13H,3-7H2,1-2H3/b16-13+. The van der Waals surface area contributed by atoms with Gasteiger partial charge in [0.25, 0.3) is 0 Å². The summed E-state index contributed by atoms with van der Waals surface area (Å²) in [5, 5.41) is 0. The quantitative estimate of drug-likeness (QED) is 0.300. The van der Waals surface area contributed by atoms with E-state index in [1.165, 1.54) is 31.1 Å². The molecule has 0 fully saturated rings. The Balaban J connectivity index is 2.65. The number of aryl methyl sites for hydroxylation is 1. The van der Waals surface area contributed by atoms with E-state index >= 15 is 0 Å². The van der Waals surface area contributed by atoms with Crippen molar-refractivity contribution in [2.24, 2.45) is 0 Å². The third-order valence-corrected chi connectivity index (χ3v) is 2.86. The van der Waals surface area contributed by atoms with Crippen molar-refractivity contribution < 1.29 is 9.53 Å². The molecule has 0 heterocycles. The van der Waals surface area contributed by atoms with E-state index in [0.29, 0.717) is 12.2 Å². The molecule has 98 valence electrons. The largest absolute Gasteiger partial charge is 0.501 e. The second-order valence-electron chi connectivity index (χ2n) is 4.30. The number of hydrogen-bond acceptors (Lipinski definition) is 2. The maximum atomic E-state index is 11.0. The minimum atomic E-state index is 0.576. The first-order valence-electron chi connectivity index (χ1n) is 6.68. The number of ether oxygens (including phenoxy) is 1. The molecule has 1 aromatic rings. The average molecular weight is 246 g/mol. The summed E-state index contributed by atoms with van der Waals surface area (Å²) in [7, 11) is 0. The highest BCUT2D eigenvalue weighted by molar-refractivity contribution is 6.06. The first kappa shape index (κ1) is 14.5. The molecule has 0 radical (unpaired) electrons. The molecule has 1 rings (SSSR count). The van der Waals surface area contributed by atoms with Crippen LogP contribution in [0.3, 0.4) is 0 Å². The smallest absolute Gasteiger partial charge is 0.153 e. The van der Waals surface area contributed by atoms with Crippen LogP contribution < -0.4 is 0 Å². The maximum absolute atomic E-state index is 11.0. The summed E-state index contributed by atoms with van der Waals surface area (Å²) < 4.78 is 5.16. The molecule has 0 saturated heterocycles. The molecule has 2 heteroatoms. The third kappa shape index (κ3) is 4.74. The zero-order valence-corrected chi connectivity index (χ0v) is 11.3. The summed E-state index contributed by atoms with van der Waals surface area (Å²) >= 11 is 0. The van der Waals surface area contributed by atoms with Crippen LogP contribution >= 0.6 is 0 Å². The summed E-state index contributed by atoms with van der Waals surface area (Å²) in [6.45, 7) is 4.68. The highest BCUT2D eigenvalue weighted by atomic mass is 16.5. The normalized spacial score (nSPS) is 11.3. The number of carbonyl (C=O) groups excluding carboxylic acids is 1. The molecule has 0 aliphatic heterocycles. The number of allylic oxidation sites excluding steroid dienone is 1. The molecule has 0 aromatic heterocycles. The van der Waals surface area contributed by atoms with Gasteiger partial charge in [0.2, 0.25) is 0 Å². The van der Waals surface area contributed by atoms with Gasteiger partial charge in [0.05, 0.1) is 18.4 Å². The molecule has 0 aliphatic carbocycles. The molecule has 0 N–H and O–H groups in total. The van der Waals surface area contributed by atoms with Gasteiger partial charge < -0.3 is 4.74 Å². The van der Waals surface area contributed by atoms with Crippen molar-refractivity contribution in [3.63, 3.8) is 0 Å². The highest BCUT2D eigenvalue weighted by Gasteiger charge is 2.01. The van der Waals surface area contributed by atoms with Crippen LogP contribution in [0.2, 0.25) is 0 Å². The minimum absolute atomic E-state index is 0.576. The molecule has 0 aliphatic rings. The fourth-order valence-electron chi connectivity index (χ4n) is 1.78. The first-order chi connectivity index (χ1) is 8.81. The average Bonchev–Trinajstić information content (AvgIpc) is 2.41. The van der Waals surface area contributed by atoms with Crippen molar-refractivity contribution in [2.75, 3.05) is 6.61 Å². The number of carbonyl (C=O) groups is 1. The molecule has 0 bridgehead atoms. The van der Waals surface area contributed by atoms with Crippen LogP contribution in [-0.2, 0) is 16.0 Å². The molecule has 1 aromatic carbocycles. The van der Waals surface area contributed by atoms with Crippen LogP contribution in [0.15, 0.2) is 30.5 Å². The van der Waals surface area contributed by atoms with E-state index in [9.17, 15) is 4.79 Å². The zero-order chi connectivity index (χ0) is 13.2. The Morgan fingerprint density at radius 2 is 1.89 bits per heavy atom. The second-order valence-corrected chi connectivity index (χ2v) is 4.30. The van der Waals surface area contributed by atoms with E-state index in [2.05, 4.69) is 19.1 Å². The van der Waals surface area contributed by atoms with Crippen molar-refractivity contribution in [1.29, 1.82) is 0 Å². The monoisotopic (exact) mass is 246 g/mol. The molecule has 0 spiro atoms. The Morgan fingerprint density at radius 3 is 2.44 bits per heavy atom. The van der Waals surface area contributed by atoms with E-state index in [0.717, 1.165) is 18.3 Å². The van der Waals surface area contributed by atoms with Gasteiger partial charge in [0.1, 0.15) is 0 Å². The van der Waals surface area contributed by atoms with E-state index in [1.807, 2.05) is 19.1 Å². The predicted molar refractivity (Wildman–Crippen MR) is 75.3 cm³/mol. The molecule has 0 atom stereocenters. The predicted octanol–water partition coefficient (Wildman–Crippen LogP) is 4.00. The van der Waals surface area contributed by atoms with Crippen LogP contribution in [0.25, 0.3) is 5.57 Å². The van der Waals surface area contributed by atoms with Gasteiger partial charge in [-0.1, -0.05) is 44.0 Å². The van der Waals surface area contributed by atoms with Gasteiger partial charge in [-0.15, -0.1) is 0 Å². The SMILES string of the molecule is CCCCCc1ccc(/C(C=O)=C/OCC)cc1. The first-order valence-corrected chi connectivity index (χ1v) is 6.68. The van der Waals surface area contributed by atoms with Crippen molar-refractivity contribution in [3.8, 4) is 0 Å². The van der Waals surface area contributed by atoms with Crippen LogP contribution in [0.5, 0.6) is 0 Å². The van der Waals surface area contributed by atoms with Crippen LogP contribution in [0.1, 0.15) is 44.2 Å². The molecular formula is C16H22O2. The van der Waals surface area contributed by atoms with Crippen LogP contribution in [0.4, 0.5) is 0 Å². The summed E-state index contributed by atoms with van der Waals surface area (Å²) in [6.07, 6.45) is 7.21. The van der Waals surface area contributed by atoms with Gasteiger partial charge in [-0.3, -0.25) is 4.79 Å². The van der Waals surface area contributed by atoms with Crippen molar-refractivity contribution in [1.82, 2.24) is 0 Å². The molecular weight excluding hydrogens is 224 g/mol. The van der Waals surface area contributed by atoms with E-state index in [4.69, 9.17) is 4.74 Å². The number of aldehydes is 1. The lowest BCUT2D eigenvalue weighted by molar-refractivity contribution is -0.103. The fourth-order valence-corrected chi connectivity index (χ4v) is 1.78. The Hall–Kier alpha value is -1.57. The van der Waals surface area contributed by atoms with Gasteiger partial charge >= 0.3 is 0 Å². The third-order valence-electron chi connectivity index (χ3n) is 2.86. The van der Waals surface area contributed by atoms with E-state index in [-0.39, 0.29) is 0 Å². The Morgan fingerprint density at radius 1 is 1.17 bits per heavy atom.